The third-order valence-corrected chi connectivity index (χ3v) is 25.3. The second-order valence-corrected chi connectivity index (χ2v) is 26.3. The second-order valence-electron chi connectivity index (χ2n) is 26.3. The molecule has 5 heteroatoms. The molecule has 0 bridgehead atoms. The van der Waals surface area contributed by atoms with Crippen molar-refractivity contribution in [3.8, 4) is 5.75 Å². The molecule has 33 rings (SSSR count). The molecule has 0 fully saturated rings. The Morgan fingerprint density at radius 1 is 0.260 bits per heavy atom. The van der Waals surface area contributed by atoms with Gasteiger partial charge >= 0.3 is 0 Å². The molecule has 30 aromatic rings. The fourth-order valence-corrected chi connectivity index (χ4v) is 24.6. The maximum Gasteiger partial charge on any atom is 0.123 e. The van der Waals surface area contributed by atoms with Crippen LogP contribution < -0.4 is 4.74 Å². The van der Waals surface area contributed by atoms with Crippen molar-refractivity contribution in [1.29, 1.82) is 0 Å². The molecule has 1 aromatic heterocycles. The molecular formula is C72H19NO4. The van der Waals surface area contributed by atoms with Crippen LogP contribution in [0.3, 0.4) is 0 Å². The zero-order valence-corrected chi connectivity index (χ0v) is 40.1. The Labute approximate surface area is 422 Å². The van der Waals surface area contributed by atoms with Crippen molar-refractivity contribution in [2.75, 3.05) is 46.8 Å². The van der Waals surface area contributed by atoms with Crippen molar-refractivity contribution in [2.45, 2.75) is 5.54 Å². The average Bonchev–Trinajstić information content (AvgIpc) is 1.54. The molecular weight excluding hydrogens is 943 g/mol. The highest BCUT2D eigenvalue weighted by Crippen LogP contribution is 2.81. The molecule has 3 heterocycles. The summed E-state index contributed by atoms with van der Waals surface area (Å²) in [5.41, 5.74) is 7.05. The highest BCUT2D eigenvalue weighted by Gasteiger charge is 2.59. The summed E-state index contributed by atoms with van der Waals surface area (Å²) in [6, 6.07) is 9.62. The minimum Gasteiger partial charge on any atom is -0.491 e. The van der Waals surface area contributed by atoms with Crippen LogP contribution in [0.1, 0.15) is 16.7 Å². The zero-order chi connectivity index (χ0) is 46.6. The van der Waals surface area contributed by atoms with E-state index in [9.17, 15) is 0 Å². The van der Waals surface area contributed by atoms with Crippen molar-refractivity contribution in [3.05, 3.63) is 41.0 Å². The van der Waals surface area contributed by atoms with Gasteiger partial charge in [-0.05, 0) is 131 Å². The summed E-state index contributed by atoms with van der Waals surface area (Å²) < 4.78 is 26.5. The average molecular weight is 962 g/mol. The minimum absolute atomic E-state index is 0.488. The van der Waals surface area contributed by atoms with Crippen LogP contribution in [0.4, 0.5) is 0 Å². The smallest absolute Gasteiger partial charge is 0.123 e. The standard InChI is InChI=1S/C72H19NO4/c1-74-6-7-75-8-9-76-10-11-77-13-4-2-12(3-5-13)72-68-60-52-42-32-24-16-14-15-18-22-20(16)28-36(32)46(52)54-48-38(28)30(22)40-34-26(18)27-19(15)23-21-17(14)25(24)33-37-29(21)39-31(23)41-35(27)45-44(34)58-50(40)56(48)64(62(54)68)70-66(58)67-59(45)51(41)57-49(39)55-47(37)53(43(33)42)61(60)69(72)63(55)65(57)71(67)73(70)72/h2-5H,6-11H2,1H3. The molecule has 0 saturated carbocycles. The van der Waals surface area contributed by atoms with Gasteiger partial charge in [-0.3, -0.25) is 0 Å². The number of rotatable bonds is 11. The van der Waals surface area contributed by atoms with E-state index in [1.165, 1.54) is 16.6 Å². The van der Waals surface area contributed by atoms with Gasteiger partial charge < -0.3 is 23.5 Å². The van der Waals surface area contributed by atoms with Crippen LogP contribution in [0.5, 0.6) is 5.75 Å². The Morgan fingerprint density at radius 3 is 0.766 bits per heavy atom. The number of methoxy groups -OCH3 is 1. The number of benzene rings is 19. The first-order valence-corrected chi connectivity index (χ1v) is 28.3. The highest BCUT2D eigenvalue weighted by atomic mass is 16.6. The fourth-order valence-electron chi connectivity index (χ4n) is 24.6. The SMILES string of the molecule is COCCOCCOCCOc1ccc(C23c4c5c6c2c2c7c8c6c6c9c5c5c%10c4c4c%11c%10c%10c%12c5c9c5c9c6c8c6c8c7c7c%13c%14c8c8c6c9c6c5c%12c5c%10c9c%10c%12c5c6c8c%12c%14c5c%10c(c9%11)c6c(c5%13)c(c27)n3c46)cc1. The van der Waals surface area contributed by atoms with Crippen LogP contribution in [0.2, 0.25) is 0 Å². The van der Waals surface area contributed by atoms with E-state index in [0.29, 0.717) is 39.6 Å². The van der Waals surface area contributed by atoms with E-state index < -0.39 is 5.54 Å². The van der Waals surface area contributed by atoms with E-state index >= 15 is 0 Å². The van der Waals surface area contributed by atoms with E-state index in [2.05, 4.69) is 28.8 Å². The fraction of sp³-hybridized carbons (Fsp3) is 0.111. The maximum atomic E-state index is 6.58. The Morgan fingerprint density at radius 2 is 0.481 bits per heavy atom. The topological polar surface area (TPSA) is 41.9 Å². The van der Waals surface area contributed by atoms with Gasteiger partial charge in [-0.2, -0.15) is 0 Å². The molecule has 0 radical (unpaired) electrons. The van der Waals surface area contributed by atoms with Gasteiger partial charge in [0.15, 0.2) is 0 Å². The minimum atomic E-state index is -0.587. The summed E-state index contributed by atoms with van der Waals surface area (Å²) in [6.45, 7) is 3.27. The summed E-state index contributed by atoms with van der Waals surface area (Å²) in [6.07, 6.45) is 0. The maximum absolute atomic E-state index is 6.58. The molecule has 77 heavy (non-hydrogen) atoms. The van der Waals surface area contributed by atoms with Crippen LogP contribution in [-0.2, 0) is 19.7 Å². The van der Waals surface area contributed by atoms with Crippen LogP contribution in [-0.4, -0.2) is 51.3 Å². The summed E-state index contributed by atoms with van der Waals surface area (Å²) in [7, 11) is 1.70. The van der Waals surface area contributed by atoms with E-state index in [0.717, 1.165) is 5.75 Å². The summed E-state index contributed by atoms with van der Waals surface area (Å²) in [4.78, 5) is 0. The number of hydrogen-bond acceptors (Lipinski definition) is 4. The second kappa shape index (κ2) is 7.80. The van der Waals surface area contributed by atoms with Crippen LogP contribution in [0, 0.1) is 0 Å². The molecule has 0 unspecified atom stereocenters. The van der Waals surface area contributed by atoms with Crippen molar-refractivity contribution >= 4 is 302 Å². The van der Waals surface area contributed by atoms with Crippen LogP contribution >= 0.6 is 0 Å². The van der Waals surface area contributed by atoms with Gasteiger partial charge in [-0.1, -0.05) is 12.1 Å². The first-order valence-electron chi connectivity index (χ1n) is 28.3. The van der Waals surface area contributed by atoms with Gasteiger partial charge in [-0.15, -0.1) is 0 Å². The largest absolute Gasteiger partial charge is 0.491 e. The first-order chi connectivity index (χ1) is 38.4. The number of aromatic nitrogens is 1. The van der Waals surface area contributed by atoms with Crippen molar-refractivity contribution in [1.82, 2.24) is 4.57 Å². The predicted octanol–water partition coefficient (Wildman–Crippen LogP) is 18.0. The number of nitrogens with zero attached hydrogens (tertiary/aromatic N) is 1. The Kier molecular flexibility index (Phi) is 3.17. The van der Waals surface area contributed by atoms with Gasteiger partial charge in [0.05, 0.1) is 44.1 Å². The van der Waals surface area contributed by atoms with E-state index in [1.807, 2.05) is 0 Å². The van der Waals surface area contributed by atoms with Crippen molar-refractivity contribution < 1.29 is 18.9 Å². The van der Waals surface area contributed by atoms with E-state index in [-0.39, 0.29) is 0 Å². The lowest BCUT2D eigenvalue weighted by molar-refractivity contribution is 0.0180. The molecule has 2 aliphatic heterocycles. The van der Waals surface area contributed by atoms with Gasteiger partial charge in [0.25, 0.3) is 0 Å². The molecule has 0 saturated heterocycles. The molecule has 0 atom stereocenters. The Hall–Kier alpha value is -8.84. The number of ether oxygens (including phenoxy) is 4. The summed E-state index contributed by atoms with van der Waals surface area (Å²) in [5.74, 6) is 0.896. The summed E-state index contributed by atoms with van der Waals surface area (Å²) in [5, 5.41) is 87.2. The van der Waals surface area contributed by atoms with Crippen molar-refractivity contribution in [3.63, 3.8) is 0 Å². The third-order valence-electron chi connectivity index (χ3n) is 25.3. The Bertz CT molecular complexity index is 7050. The molecule has 1 aliphatic carbocycles. The van der Waals surface area contributed by atoms with Gasteiger partial charge in [0.1, 0.15) is 17.9 Å². The van der Waals surface area contributed by atoms with Gasteiger partial charge in [0, 0.05) is 196 Å². The zero-order valence-electron chi connectivity index (χ0n) is 40.1. The van der Waals surface area contributed by atoms with Crippen LogP contribution in [0.15, 0.2) is 24.3 Å². The van der Waals surface area contributed by atoms with Gasteiger partial charge in [-0.25, -0.2) is 0 Å². The van der Waals surface area contributed by atoms with Crippen LogP contribution in [0.25, 0.3) is 302 Å². The lowest BCUT2D eigenvalue weighted by Gasteiger charge is -2.42. The monoisotopic (exact) mass is 961 g/mol. The van der Waals surface area contributed by atoms with Gasteiger partial charge in [0.2, 0.25) is 0 Å². The molecule has 29 aromatic carbocycles. The predicted molar refractivity (Wildman–Crippen MR) is 320 cm³/mol. The lowest BCUT2D eigenvalue weighted by atomic mass is 9.73. The third kappa shape index (κ3) is 1.93. The summed E-state index contributed by atoms with van der Waals surface area (Å²) >= 11 is 0. The Balaban J connectivity index is 0.935. The quantitative estimate of drug-likeness (QED) is 0.0957. The molecule has 0 spiro atoms. The molecule has 0 amide bonds. The van der Waals surface area contributed by atoms with E-state index in [4.69, 9.17) is 18.9 Å². The van der Waals surface area contributed by atoms with Crippen molar-refractivity contribution in [2.24, 2.45) is 0 Å². The first kappa shape index (κ1) is 31.3. The normalized spacial score (nSPS) is 17.5. The highest BCUT2D eigenvalue weighted by molar-refractivity contribution is 6.83. The van der Waals surface area contributed by atoms with E-state index in [1.54, 1.807) is 309 Å². The molecule has 0 N–H and O–H groups in total. The molecule has 3 aliphatic rings. The lowest BCUT2D eigenvalue weighted by Crippen LogP contribution is -2.38. The molecule has 5 nitrogen and oxygen atoms in total. The number of hydrogen-bond donors (Lipinski definition) is 0. The molecule has 336 valence electrons.